The maximum atomic E-state index is 15.6. The van der Waals surface area contributed by atoms with E-state index in [-0.39, 0.29) is 84.9 Å². The monoisotopic (exact) mass is 897 g/mol. The van der Waals surface area contributed by atoms with Crippen molar-refractivity contribution in [3.8, 4) is 23.3 Å². The van der Waals surface area contributed by atoms with E-state index in [0.717, 1.165) is 56.1 Å². The molecule has 0 aromatic heterocycles. The third-order valence-electron chi connectivity index (χ3n) is 16.9. The molecule has 3 heterocycles. The molecule has 348 valence electrons. The van der Waals surface area contributed by atoms with Crippen molar-refractivity contribution in [1.82, 2.24) is 0 Å². The molecule has 4 aliphatic carbocycles. The summed E-state index contributed by atoms with van der Waals surface area (Å²) in [5.41, 5.74) is 2.78. The highest BCUT2D eigenvalue weighted by molar-refractivity contribution is 5.89. The Labute approximate surface area is 387 Å². The summed E-state index contributed by atoms with van der Waals surface area (Å²) in [6.07, 6.45) is 7.37. The molecule has 66 heavy (non-hydrogen) atoms. The molecule has 7 aliphatic rings. The third-order valence-corrected chi connectivity index (χ3v) is 16.9. The lowest BCUT2D eigenvalue weighted by atomic mass is 9.48. The van der Waals surface area contributed by atoms with Crippen LogP contribution < -0.4 is 10.1 Å². The number of aliphatic hydroxyl groups is 4. The second kappa shape index (κ2) is 17.9. The van der Waals surface area contributed by atoms with Crippen molar-refractivity contribution >= 4 is 23.4 Å². The quantitative estimate of drug-likeness (QED) is 0.0864. The van der Waals surface area contributed by atoms with E-state index in [4.69, 9.17) is 9.47 Å². The highest BCUT2D eigenvalue weighted by Crippen LogP contribution is 2.59. The zero-order valence-electron chi connectivity index (χ0n) is 37.8. The van der Waals surface area contributed by atoms with E-state index in [1.807, 2.05) is 18.2 Å². The maximum absolute atomic E-state index is 15.6. The van der Waals surface area contributed by atoms with Crippen molar-refractivity contribution in [2.45, 2.75) is 151 Å². The Bertz CT molecular complexity index is 2490. The van der Waals surface area contributed by atoms with Crippen LogP contribution in [0.15, 0.2) is 66.2 Å². The van der Waals surface area contributed by atoms with Crippen LogP contribution in [0.3, 0.4) is 0 Å². The van der Waals surface area contributed by atoms with E-state index >= 15 is 4.79 Å². The van der Waals surface area contributed by atoms with Gasteiger partial charge in [0.1, 0.15) is 29.0 Å². The van der Waals surface area contributed by atoms with Crippen LogP contribution in [0.25, 0.3) is 0 Å². The van der Waals surface area contributed by atoms with Crippen LogP contribution in [0.1, 0.15) is 136 Å². The fourth-order valence-corrected chi connectivity index (χ4v) is 13.7. The summed E-state index contributed by atoms with van der Waals surface area (Å²) in [5.74, 6) is 3.46. The SMILES string of the molecule is CC(O)CNc1cc(CO)cc(C2C#CC3CC(=O)Oc4cc(O)c(cc43)CC3OC(=O)C(=CC(O)C4(CCCC4)c4cccc(c4)CC4C(=O)CCC5C4CC4CCCCC4C35O)C2)c1. The van der Waals surface area contributed by atoms with Gasteiger partial charge in [-0.2, -0.15) is 0 Å². The number of phenolic OH excluding ortho intramolecular Hbond substituents is 1. The molecule has 3 aliphatic heterocycles. The number of anilines is 1. The summed E-state index contributed by atoms with van der Waals surface area (Å²) in [6, 6.07) is 17.1. The number of fused-ring (bicyclic) bond motifs is 10. The summed E-state index contributed by atoms with van der Waals surface area (Å²) >= 11 is 0. The molecule has 11 atom stereocenters. The number of Topliss-reactive ketones (excluding diaryl/α,β-unsaturated/α-hetero) is 1. The largest absolute Gasteiger partial charge is 0.508 e. The van der Waals surface area contributed by atoms with Gasteiger partial charge < -0.3 is 40.3 Å². The molecule has 11 unspecified atom stereocenters. The summed E-state index contributed by atoms with van der Waals surface area (Å²) < 4.78 is 12.6. The Morgan fingerprint density at radius 1 is 0.894 bits per heavy atom. The highest BCUT2D eigenvalue weighted by Gasteiger charge is 2.62. The van der Waals surface area contributed by atoms with Crippen LogP contribution in [0.4, 0.5) is 5.69 Å². The normalized spacial score (nSPS) is 32.9. The second-order valence-electron chi connectivity index (χ2n) is 20.8. The summed E-state index contributed by atoms with van der Waals surface area (Å²) in [7, 11) is 0. The van der Waals surface area contributed by atoms with Gasteiger partial charge in [-0.3, -0.25) is 9.59 Å². The molecule has 0 amide bonds. The van der Waals surface area contributed by atoms with Crippen molar-refractivity contribution in [3.63, 3.8) is 0 Å². The van der Waals surface area contributed by atoms with Crippen molar-refractivity contribution in [1.29, 1.82) is 0 Å². The van der Waals surface area contributed by atoms with E-state index < -0.39 is 53.1 Å². The average Bonchev–Trinajstić information content (AvgIpc) is 3.81. The molecule has 0 saturated heterocycles. The summed E-state index contributed by atoms with van der Waals surface area (Å²) in [5, 5.41) is 62.5. The van der Waals surface area contributed by atoms with Gasteiger partial charge in [0.25, 0.3) is 0 Å². The van der Waals surface area contributed by atoms with Crippen LogP contribution in [0.2, 0.25) is 0 Å². The molecule has 11 heteroatoms. The number of aromatic hydroxyl groups is 1. The van der Waals surface area contributed by atoms with Gasteiger partial charge in [-0.15, -0.1) is 0 Å². The number of nitrogens with one attached hydrogen (secondary N) is 1. The number of phenols is 1. The predicted octanol–water partition coefficient (Wildman–Crippen LogP) is 7.22. The van der Waals surface area contributed by atoms with E-state index in [2.05, 4.69) is 35.4 Å². The number of carbonyl (C=O) groups excluding carboxylic acids is 3. The smallest absolute Gasteiger partial charge is 0.334 e. The Balaban J connectivity index is 1.21. The molecule has 6 N–H and O–H groups in total. The Morgan fingerprint density at radius 3 is 2.50 bits per heavy atom. The first kappa shape index (κ1) is 44.8. The zero-order valence-corrected chi connectivity index (χ0v) is 37.8. The number of carbonyl (C=O) groups is 3. The van der Waals surface area contributed by atoms with Gasteiger partial charge in [0.05, 0.1) is 31.2 Å². The van der Waals surface area contributed by atoms with Gasteiger partial charge in [0, 0.05) is 59.5 Å². The molecule has 3 aromatic carbocycles. The molecule has 11 nitrogen and oxygen atoms in total. The lowest BCUT2D eigenvalue weighted by Gasteiger charge is -2.59. The minimum atomic E-state index is -1.58. The van der Waals surface area contributed by atoms with Crippen LogP contribution in [-0.2, 0) is 44.0 Å². The molecular formula is C55H63NO10. The lowest BCUT2D eigenvalue weighted by Crippen LogP contribution is -2.65. The predicted molar refractivity (Wildman–Crippen MR) is 246 cm³/mol. The van der Waals surface area contributed by atoms with Crippen molar-refractivity contribution < 1.29 is 49.4 Å². The number of rotatable bonds is 5. The second-order valence-corrected chi connectivity index (χ2v) is 20.8. The van der Waals surface area contributed by atoms with Crippen LogP contribution in [0.5, 0.6) is 11.5 Å². The first-order valence-electron chi connectivity index (χ1n) is 24.5. The number of esters is 2. The van der Waals surface area contributed by atoms with Crippen LogP contribution >= 0.6 is 0 Å². The van der Waals surface area contributed by atoms with Gasteiger partial charge in [0.15, 0.2) is 0 Å². The number of hydrogen-bond donors (Lipinski definition) is 6. The van der Waals surface area contributed by atoms with Gasteiger partial charge in [-0.1, -0.05) is 74.3 Å². The first-order valence-corrected chi connectivity index (χ1v) is 24.5. The summed E-state index contributed by atoms with van der Waals surface area (Å²) in [4.78, 5) is 43.1. The average molecular weight is 898 g/mol. The van der Waals surface area contributed by atoms with E-state index in [0.29, 0.717) is 60.0 Å². The minimum Gasteiger partial charge on any atom is -0.508 e. The molecule has 1 spiro atoms. The topological polar surface area (TPSA) is 183 Å². The van der Waals surface area contributed by atoms with E-state index in [1.54, 1.807) is 25.1 Å². The maximum Gasteiger partial charge on any atom is 0.334 e. The molecule has 10 bridgehead atoms. The Hall–Kier alpha value is -4.99. The lowest BCUT2D eigenvalue weighted by molar-refractivity contribution is -0.228. The number of ether oxygens (including phenoxy) is 2. The van der Waals surface area contributed by atoms with Gasteiger partial charge in [-0.05, 0) is 128 Å². The third kappa shape index (κ3) is 8.16. The fraction of sp³-hybridized carbons (Fsp3) is 0.545. The first-order chi connectivity index (χ1) is 31.8. The zero-order chi connectivity index (χ0) is 45.9. The molecule has 10 rings (SSSR count). The van der Waals surface area contributed by atoms with Crippen molar-refractivity contribution in [3.05, 3.63) is 99.6 Å². The number of benzene rings is 3. The number of hydrogen-bond acceptors (Lipinski definition) is 11. The van der Waals surface area contributed by atoms with E-state index in [9.17, 15) is 35.1 Å². The van der Waals surface area contributed by atoms with Gasteiger partial charge >= 0.3 is 11.9 Å². The van der Waals surface area contributed by atoms with Crippen LogP contribution in [-0.4, -0.2) is 73.7 Å². The number of ketones is 1. The Kier molecular flexibility index (Phi) is 12.2. The molecular weight excluding hydrogens is 835 g/mol. The molecule has 3 aromatic rings. The standard InChI is InChI=1S/C55H63NO10/c1-31(58)29-56-41-19-33(30-57)17-37(22-41)34-11-12-35-27-52(62)65-49-28-48(60)38(24-42(35)49)26-51-55(64)45-10-3-2-8-36(45)23-43-44(47(59)14-13-46(43)55)20-32-7-6-9-40(18-32)54(15-4-5-16-54)50(61)25-39(21-34)53(63)66-51/h6-7,9,17-19,22,24-25,28,31,34-36,43-46,50-51,56-58,60-61,64H,2-5,8,10,13-16,20-21,23,26-27,29-30H2,1H3. The van der Waals surface area contributed by atoms with Crippen molar-refractivity contribution in [2.24, 2.45) is 29.6 Å². The van der Waals surface area contributed by atoms with Crippen LogP contribution in [0, 0.1) is 41.4 Å². The van der Waals surface area contributed by atoms with E-state index in [1.165, 1.54) is 6.07 Å². The van der Waals surface area contributed by atoms with Gasteiger partial charge in [-0.25, -0.2) is 4.79 Å². The minimum absolute atomic E-state index is 0.0174. The molecule has 4 fully saturated rings. The van der Waals surface area contributed by atoms with Crippen molar-refractivity contribution in [2.75, 3.05) is 11.9 Å². The number of aliphatic hydroxyl groups excluding tert-OH is 3. The Morgan fingerprint density at radius 2 is 1.70 bits per heavy atom. The highest BCUT2D eigenvalue weighted by atomic mass is 16.6. The van der Waals surface area contributed by atoms with Gasteiger partial charge in [0.2, 0.25) is 0 Å². The molecule has 0 radical (unpaired) electrons. The fourth-order valence-electron chi connectivity index (χ4n) is 13.7. The summed E-state index contributed by atoms with van der Waals surface area (Å²) in [6.45, 7) is 1.64. The molecule has 4 saturated carbocycles.